The quantitative estimate of drug-likeness (QED) is 0.246. The van der Waals surface area contributed by atoms with Crippen LogP contribution >= 0.6 is 11.6 Å². The molecule has 0 spiro atoms. The van der Waals surface area contributed by atoms with E-state index >= 15 is 0 Å². The minimum atomic E-state index is -0.395. The maximum atomic E-state index is 13.2. The first-order valence-corrected chi connectivity index (χ1v) is 10.9. The third-order valence-corrected chi connectivity index (χ3v) is 5.53. The summed E-state index contributed by atoms with van der Waals surface area (Å²) in [6, 6.07) is 12.1. The standard InChI is InChI=1S/C23H23ClN10O/c1-28-19(6-8-25)31-22-29-9-7-17(30-22)15-11-18(26)34-20(12-15)32(2)23(35)33(21(34)27)13-14-4-3-5-16(24)10-14/h3-12,26-27H,13,25H2,1-2H3,(H,28,29,30,31). The molecule has 11 nitrogen and oxygen atoms in total. The highest BCUT2D eigenvalue weighted by Gasteiger charge is 2.13. The van der Waals surface area contributed by atoms with Gasteiger partial charge in [-0.05, 0) is 48.2 Å². The molecule has 5 N–H and O–H groups in total. The number of hydrogen-bond donors (Lipinski definition) is 4. The number of halogens is 1. The number of nitrogens with one attached hydrogen (secondary N) is 3. The highest BCUT2D eigenvalue weighted by atomic mass is 35.5. The number of fused-ring (bicyclic) bond motifs is 1. The molecule has 178 valence electrons. The number of aryl methyl sites for hydroxylation is 1. The second kappa shape index (κ2) is 9.77. The maximum Gasteiger partial charge on any atom is 0.332 e. The summed E-state index contributed by atoms with van der Waals surface area (Å²) >= 11 is 6.08. The summed E-state index contributed by atoms with van der Waals surface area (Å²) in [4.78, 5) is 25.9. The van der Waals surface area contributed by atoms with Crippen LogP contribution < -0.4 is 27.8 Å². The summed E-state index contributed by atoms with van der Waals surface area (Å²) < 4.78 is 4.09. The van der Waals surface area contributed by atoms with E-state index in [0.29, 0.717) is 33.7 Å². The third-order valence-electron chi connectivity index (χ3n) is 5.29. The molecule has 0 unspecified atom stereocenters. The van der Waals surface area contributed by atoms with Crippen LogP contribution in [0.5, 0.6) is 0 Å². The van der Waals surface area contributed by atoms with Crippen LogP contribution in [0.25, 0.3) is 16.9 Å². The Morgan fingerprint density at radius 2 is 2.06 bits per heavy atom. The van der Waals surface area contributed by atoms with Gasteiger partial charge in [-0.3, -0.25) is 24.9 Å². The molecule has 3 aromatic heterocycles. The molecule has 0 atom stereocenters. The van der Waals surface area contributed by atoms with Gasteiger partial charge in [-0.2, -0.15) is 0 Å². The second-order valence-corrected chi connectivity index (χ2v) is 8.00. The van der Waals surface area contributed by atoms with Gasteiger partial charge < -0.3 is 11.1 Å². The average molecular weight is 491 g/mol. The molecule has 0 amide bonds. The van der Waals surface area contributed by atoms with Gasteiger partial charge >= 0.3 is 5.69 Å². The van der Waals surface area contributed by atoms with Crippen LogP contribution in [-0.2, 0) is 13.6 Å². The molecule has 35 heavy (non-hydrogen) atoms. The molecule has 0 saturated carbocycles. The fourth-order valence-electron chi connectivity index (χ4n) is 3.61. The minimum absolute atomic E-state index is 0.0212. The van der Waals surface area contributed by atoms with Crippen molar-refractivity contribution in [3.63, 3.8) is 0 Å². The molecular weight excluding hydrogens is 468 g/mol. The lowest BCUT2D eigenvalue weighted by molar-refractivity contribution is 0.578. The molecule has 0 aliphatic rings. The molecule has 0 aliphatic heterocycles. The zero-order valence-electron chi connectivity index (χ0n) is 19.0. The Labute approximate surface area is 204 Å². The molecule has 4 rings (SSSR count). The zero-order valence-corrected chi connectivity index (χ0v) is 19.8. The Balaban J connectivity index is 1.82. The SMILES string of the molecule is CN=C(C=CN)Nc1nccc(-c2cc(=N)n3c(=N)n(Cc4cccc(Cl)c4)c(=O)n(C)c3c2)n1. The van der Waals surface area contributed by atoms with Gasteiger partial charge in [0.05, 0.1) is 12.2 Å². The van der Waals surface area contributed by atoms with Crippen LogP contribution in [0.15, 0.2) is 70.7 Å². The number of benzene rings is 1. The monoisotopic (exact) mass is 490 g/mol. The van der Waals surface area contributed by atoms with Crippen LogP contribution in [-0.4, -0.2) is 36.4 Å². The van der Waals surface area contributed by atoms with Crippen LogP contribution in [0.4, 0.5) is 5.95 Å². The van der Waals surface area contributed by atoms with Gasteiger partial charge in [0.15, 0.2) is 0 Å². The minimum Gasteiger partial charge on any atom is -0.404 e. The first-order valence-electron chi connectivity index (χ1n) is 10.5. The number of aliphatic imine (C=N–C) groups is 1. The van der Waals surface area contributed by atoms with E-state index in [1.807, 2.05) is 6.07 Å². The van der Waals surface area contributed by atoms with E-state index in [-0.39, 0.29) is 17.7 Å². The molecule has 0 bridgehead atoms. The molecular formula is C23H23ClN10O. The predicted molar refractivity (Wildman–Crippen MR) is 134 cm³/mol. The number of rotatable bonds is 5. The molecule has 0 fully saturated rings. The second-order valence-electron chi connectivity index (χ2n) is 7.56. The smallest absolute Gasteiger partial charge is 0.332 e. The number of pyridine rings is 1. The van der Waals surface area contributed by atoms with Crippen molar-refractivity contribution >= 4 is 29.0 Å². The third kappa shape index (κ3) is 4.75. The van der Waals surface area contributed by atoms with Crippen molar-refractivity contribution in [2.75, 3.05) is 12.4 Å². The Kier molecular flexibility index (Phi) is 6.60. The summed E-state index contributed by atoms with van der Waals surface area (Å²) in [6.45, 7) is 0.149. The van der Waals surface area contributed by atoms with Crippen molar-refractivity contribution in [2.45, 2.75) is 6.54 Å². The van der Waals surface area contributed by atoms with Crippen molar-refractivity contribution in [3.8, 4) is 11.3 Å². The van der Waals surface area contributed by atoms with Crippen molar-refractivity contribution in [3.05, 3.63) is 93.1 Å². The van der Waals surface area contributed by atoms with Crippen LogP contribution in [0.2, 0.25) is 5.02 Å². The van der Waals surface area contributed by atoms with Gasteiger partial charge in [0.1, 0.15) is 17.0 Å². The van der Waals surface area contributed by atoms with E-state index < -0.39 is 5.69 Å². The highest BCUT2D eigenvalue weighted by Crippen LogP contribution is 2.17. The Bertz CT molecular complexity index is 1660. The van der Waals surface area contributed by atoms with Gasteiger partial charge in [-0.25, -0.2) is 19.2 Å². The molecule has 1 aromatic carbocycles. The zero-order chi connectivity index (χ0) is 25.1. The van der Waals surface area contributed by atoms with Gasteiger partial charge in [-0.15, -0.1) is 0 Å². The fourth-order valence-corrected chi connectivity index (χ4v) is 3.82. The van der Waals surface area contributed by atoms with Crippen molar-refractivity contribution in [1.29, 1.82) is 10.8 Å². The Morgan fingerprint density at radius 1 is 1.26 bits per heavy atom. The number of aromatic nitrogens is 5. The Morgan fingerprint density at radius 3 is 2.77 bits per heavy atom. The van der Waals surface area contributed by atoms with Crippen molar-refractivity contribution in [1.82, 2.24) is 23.5 Å². The normalized spacial score (nSPS) is 11.9. The van der Waals surface area contributed by atoms with E-state index in [2.05, 4.69) is 20.3 Å². The number of nitrogens with two attached hydrogens (primary N) is 1. The topological polar surface area (TPSA) is 155 Å². The number of anilines is 1. The maximum absolute atomic E-state index is 13.2. The highest BCUT2D eigenvalue weighted by molar-refractivity contribution is 6.30. The molecule has 4 aromatic rings. The lowest BCUT2D eigenvalue weighted by atomic mass is 10.2. The van der Waals surface area contributed by atoms with E-state index in [1.54, 1.807) is 62.8 Å². The van der Waals surface area contributed by atoms with Gasteiger partial charge in [0.2, 0.25) is 11.6 Å². The number of nitrogens with zero attached hydrogens (tertiary/aromatic N) is 6. The van der Waals surface area contributed by atoms with Crippen molar-refractivity contribution < 1.29 is 0 Å². The molecule has 12 heteroatoms. The van der Waals surface area contributed by atoms with E-state index in [9.17, 15) is 4.79 Å². The van der Waals surface area contributed by atoms with E-state index in [1.165, 1.54) is 19.7 Å². The van der Waals surface area contributed by atoms with Crippen LogP contribution in [0.3, 0.4) is 0 Å². The van der Waals surface area contributed by atoms with E-state index in [4.69, 9.17) is 28.2 Å². The first kappa shape index (κ1) is 23.6. The van der Waals surface area contributed by atoms with Crippen LogP contribution in [0, 0.1) is 10.8 Å². The van der Waals surface area contributed by atoms with Gasteiger partial charge in [0, 0.05) is 30.9 Å². The van der Waals surface area contributed by atoms with Crippen LogP contribution in [0.1, 0.15) is 5.56 Å². The van der Waals surface area contributed by atoms with Gasteiger partial charge in [-0.1, -0.05) is 23.7 Å². The van der Waals surface area contributed by atoms with Crippen molar-refractivity contribution in [2.24, 2.45) is 17.8 Å². The molecule has 0 saturated heterocycles. The predicted octanol–water partition coefficient (Wildman–Crippen LogP) is 1.47. The molecule has 0 aliphatic carbocycles. The lowest BCUT2D eigenvalue weighted by Gasteiger charge is -2.15. The average Bonchev–Trinajstić information content (AvgIpc) is 2.84. The summed E-state index contributed by atoms with van der Waals surface area (Å²) in [7, 11) is 3.21. The summed E-state index contributed by atoms with van der Waals surface area (Å²) in [5.41, 5.74) is 7.20. The number of amidine groups is 1. The van der Waals surface area contributed by atoms with E-state index in [0.717, 1.165) is 5.56 Å². The molecule has 0 radical (unpaired) electrons. The number of hydrogen-bond acceptors (Lipinski definition) is 7. The largest absolute Gasteiger partial charge is 0.404 e. The molecule has 3 heterocycles. The summed E-state index contributed by atoms with van der Waals surface area (Å²) in [5.74, 6) is 0.772. The summed E-state index contributed by atoms with van der Waals surface area (Å²) in [5, 5.41) is 20.8. The first-order chi connectivity index (χ1) is 16.8. The fraction of sp³-hybridized carbons (Fsp3) is 0.130. The van der Waals surface area contributed by atoms with Gasteiger partial charge in [0.25, 0.3) is 0 Å². The summed E-state index contributed by atoms with van der Waals surface area (Å²) in [6.07, 6.45) is 4.50. The lowest BCUT2D eigenvalue weighted by Crippen LogP contribution is -2.46. The Hall–Kier alpha value is -4.51.